The second kappa shape index (κ2) is 6.29. The molecule has 0 bridgehead atoms. The highest BCUT2D eigenvalue weighted by Gasteiger charge is 2.08. The number of nitrogens with zero attached hydrogens (tertiary/aromatic N) is 1. The summed E-state index contributed by atoms with van der Waals surface area (Å²) in [5.41, 5.74) is 1.12. The van der Waals surface area contributed by atoms with Crippen molar-refractivity contribution in [2.45, 2.75) is 6.61 Å². The minimum atomic E-state index is -0.126. The first-order chi connectivity index (χ1) is 9.67. The maximum Gasteiger partial charge on any atom is 0.169 e. The highest BCUT2D eigenvalue weighted by atomic mass is 35.5. The number of rotatable bonds is 4. The van der Waals surface area contributed by atoms with Crippen molar-refractivity contribution in [1.29, 1.82) is 5.26 Å². The van der Waals surface area contributed by atoms with Crippen LogP contribution in [0.1, 0.15) is 11.1 Å². The van der Waals surface area contributed by atoms with E-state index in [1.807, 2.05) is 6.07 Å². The van der Waals surface area contributed by atoms with Gasteiger partial charge in [-0.05, 0) is 29.8 Å². The molecule has 0 aliphatic rings. The third-order valence-electron chi connectivity index (χ3n) is 2.72. The topological polar surface area (TPSA) is 62.5 Å². The molecule has 0 amide bonds. The van der Waals surface area contributed by atoms with Gasteiger partial charge in [-0.1, -0.05) is 17.7 Å². The van der Waals surface area contributed by atoms with Crippen LogP contribution in [0.5, 0.6) is 17.2 Å². The smallest absolute Gasteiger partial charge is 0.169 e. The Bertz CT molecular complexity index is 665. The zero-order valence-electron chi connectivity index (χ0n) is 10.8. The van der Waals surface area contributed by atoms with Crippen molar-refractivity contribution in [2.75, 3.05) is 7.11 Å². The van der Waals surface area contributed by atoms with Gasteiger partial charge in [0.05, 0.1) is 25.3 Å². The summed E-state index contributed by atoms with van der Waals surface area (Å²) < 4.78 is 10.9. The molecule has 2 aromatic carbocycles. The van der Waals surface area contributed by atoms with Crippen LogP contribution in [0.4, 0.5) is 0 Å². The van der Waals surface area contributed by atoms with Crippen LogP contribution < -0.4 is 9.47 Å². The number of nitriles is 1. The van der Waals surface area contributed by atoms with E-state index >= 15 is 0 Å². The van der Waals surface area contributed by atoms with Crippen molar-refractivity contribution in [3.05, 3.63) is 52.5 Å². The second-order valence-electron chi connectivity index (χ2n) is 3.99. The maximum atomic E-state index is 9.06. The summed E-state index contributed by atoms with van der Waals surface area (Å²) in [4.78, 5) is 0. The van der Waals surface area contributed by atoms with Gasteiger partial charge in [-0.25, -0.2) is 0 Å². The van der Waals surface area contributed by atoms with Crippen molar-refractivity contribution < 1.29 is 14.6 Å². The van der Waals surface area contributed by atoms with Crippen LogP contribution in [0.25, 0.3) is 0 Å². The average Bonchev–Trinajstić information content (AvgIpc) is 2.48. The van der Waals surface area contributed by atoms with Crippen molar-refractivity contribution >= 4 is 11.6 Å². The SMILES string of the molecule is COc1cc(C#N)ccc1Oc1ccc(CO)c(Cl)c1. The molecular formula is C15H12ClNO3. The molecule has 2 rings (SSSR count). The molecule has 0 aromatic heterocycles. The zero-order chi connectivity index (χ0) is 14.5. The number of methoxy groups -OCH3 is 1. The molecule has 1 N–H and O–H groups in total. The lowest BCUT2D eigenvalue weighted by atomic mass is 10.2. The van der Waals surface area contributed by atoms with Crippen LogP contribution in [0, 0.1) is 11.3 Å². The fourth-order valence-electron chi connectivity index (χ4n) is 1.67. The van der Waals surface area contributed by atoms with Crippen molar-refractivity contribution in [2.24, 2.45) is 0 Å². The molecular weight excluding hydrogens is 278 g/mol. The van der Waals surface area contributed by atoms with Crippen molar-refractivity contribution in [3.8, 4) is 23.3 Å². The molecule has 20 heavy (non-hydrogen) atoms. The van der Waals surface area contributed by atoms with E-state index in [9.17, 15) is 0 Å². The Hall–Kier alpha value is -2.22. The van der Waals surface area contributed by atoms with E-state index in [0.717, 1.165) is 0 Å². The number of aliphatic hydroxyl groups is 1. The highest BCUT2D eigenvalue weighted by molar-refractivity contribution is 6.31. The highest BCUT2D eigenvalue weighted by Crippen LogP contribution is 2.33. The Labute approximate surface area is 121 Å². The molecule has 0 unspecified atom stereocenters. The summed E-state index contributed by atoms with van der Waals surface area (Å²) >= 11 is 6.00. The number of benzene rings is 2. The first-order valence-electron chi connectivity index (χ1n) is 5.83. The summed E-state index contributed by atoms with van der Waals surface area (Å²) in [6, 6.07) is 11.9. The summed E-state index contributed by atoms with van der Waals surface area (Å²) in [5.74, 6) is 1.47. The molecule has 0 saturated heterocycles. The Morgan fingerprint density at radius 2 is 2.00 bits per heavy atom. The molecule has 0 atom stereocenters. The number of halogens is 1. The van der Waals surface area contributed by atoms with Gasteiger partial charge in [0.25, 0.3) is 0 Å². The molecule has 0 spiro atoms. The molecule has 0 radical (unpaired) electrons. The average molecular weight is 290 g/mol. The molecule has 102 valence electrons. The first kappa shape index (κ1) is 14.2. The fourth-order valence-corrected chi connectivity index (χ4v) is 1.90. The van der Waals surface area contributed by atoms with Gasteiger partial charge >= 0.3 is 0 Å². The van der Waals surface area contributed by atoms with E-state index in [1.54, 1.807) is 36.4 Å². The summed E-state index contributed by atoms with van der Waals surface area (Å²) in [6.07, 6.45) is 0. The number of hydrogen-bond acceptors (Lipinski definition) is 4. The minimum Gasteiger partial charge on any atom is -0.493 e. The maximum absolute atomic E-state index is 9.06. The molecule has 0 fully saturated rings. The van der Waals surface area contributed by atoms with Crippen LogP contribution in [-0.4, -0.2) is 12.2 Å². The van der Waals surface area contributed by atoms with Crippen LogP contribution in [0.2, 0.25) is 5.02 Å². The predicted molar refractivity (Wildman–Crippen MR) is 75.2 cm³/mol. The predicted octanol–water partition coefficient (Wildman–Crippen LogP) is 3.50. The van der Waals surface area contributed by atoms with E-state index in [-0.39, 0.29) is 6.61 Å². The molecule has 4 nitrogen and oxygen atoms in total. The summed E-state index contributed by atoms with van der Waals surface area (Å²) in [6.45, 7) is -0.126. The lowest BCUT2D eigenvalue weighted by Gasteiger charge is -2.11. The Balaban J connectivity index is 2.30. The Morgan fingerprint density at radius 3 is 2.60 bits per heavy atom. The van der Waals surface area contributed by atoms with Gasteiger partial charge in [-0.3, -0.25) is 0 Å². The van der Waals surface area contributed by atoms with Gasteiger partial charge in [0.2, 0.25) is 0 Å². The van der Waals surface area contributed by atoms with Gasteiger partial charge in [0.15, 0.2) is 11.5 Å². The number of hydrogen-bond donors (Lipinski definition) is 1. The molecule has 5 heteroatoms. The third kappa shape index (κ3) is 3.02. The van der Waals surface area contributed by atoms with Gasteiger partial charge in [0, 0.05) is 11.1 Å². The van der Waals surface area contributed by atoms with Crippen molar-refractivity contribution in [3.63, 3.8) is 0 Å². The second-order valence-corrected chi connectivity index (χ2v) is 4.40. The van der Waals surface area contributed by atoms with E-state index in [2.05, 4.69) is 0 Å². The largest absolute Gasteiger partial charge is 0.493 e. The monoisotopic (exact) mass is 289 g/mol. The zero-order valence-corrected chi connectivity index (χ0v) is 11.5. The third-order valence-corrected chi connectivity index (χ3v) is 3.07. The van der Waals surface area contributed by atoms with Crippen molar-refractivity contribution in [1.82, 2.24) is 0 Å². The Morgan fingerprint density at radius 1 is 1.20 bits per heavy atom. The number of aliphatic hydroxyl groups excluding tert-OH is 1. The van der Waals surface area contributed by atoms with Gasteiger partial charge in [-0.15, -0.1) is 0 Å². The lowest BCUT2D eigenvalue weighted by Crippen LogP contribution is -1.92. The molecule has 0 aliphatic heterocycles. The van der Waals surface area contributed by atoms with Gasteiger partial charge < -0.3 is 14.6 Å². The lowest BCUT2D eigenvalue weighted by molar-refractivity contribution is 0.282. The molecule has 2 aromatic rings. The van der Waals surface area contributed by atoms with E-state index in [4.69, 9.17) is 31.4 Å². The Kier molecular flexibility index (Phi) is 4.46. The first-order valence-corrected chi connectivity index (χ1v) is 6.21. The van der Waals surface area contributed by atoms with E-state index in [1.165, 1.54) is 7.11 Å². The number of ether oxygens (including phenoxy) is 2. The van der Waals surface area contributed by atoms with Crippen LogP contribution in [-0.2, 0) is 6.61 Å². The normalized spacial score (nSPS) is 9.90. The quantitative estimate of drug-likeness (QED) is 0.935. The molecule has 0 saturated carbocycles. The minimum absolute atomic E-state index is 0.126. The summed E-state index contributed by atoms with van der Waals surface area (Å²) in [7, 11) is 1.51. The molecule has 0 aliphatic carbocycles. The van der Waals surface area contributed by atoms with Gasteiger partial charge in [0.1, 0.15) is 5.75 Å². The standard InChI is InChI=1S/C15H12ClNO3/c1-19-15-6-10(8-17)2-5-14(15)20-12-4-3-11(9-18)13(16)7-12/h2-7,18H,9H2,1H3. The van der Waals surface area contributed by atoms with Crippen LogP contribution >= 0.6 is 11.6 Å². The van der Waals surface area contributed by atoms with Crippen LogP contribution in [0.15, 0.2) is 36.4 Å². The van der Waals surface area contributed by atoms with Crippen LogP contribution in [0.3, 0.4) is 0 Å². The fraction of sp³-hybridized carbons (Fsp3) is 0.133. The van der Waals surface area contributed by atoms with Gasteiger partial charge in [-0.2, -0.15) is 5.26 Å². The van der Waals surface area contributed by atoms with E-state index < -0.39 is 0 Å². The van der Waals surface area contributed by atoms with E-state index in [0.29, 0.717) is 33.4 Å². The summed E-state index contributed by atoms with van der Waals surface area (Å²) in [5, 5.41) is 18.3. The molecule has 0 heterocycles.